The summed E-state index contributed by atoms with van der Waals surface area (Å²) in [6, 6.07) is 14.2. The quantitative estimate of drug-likeness (QED) is 0.316. The first-order chi connectivity index (χ1) is 17.0. The number of amides is 1. The molecule has 1 aliphatic rings. The highest BCUT2D eigenvalue weighted by Gasteiger charge is 2.27. The molecular weight excluding hydrogens is 444 g/mol. The van der Waals surface area contributed by atoms with Gasteiger partial charge in [-0.05, 0) is 57.4 Å². The third kappa shape index (κ3) is 4.82. The van der Waals surface area contributed by atoms with Gasteiger partial charge in [-0.3, -0.25) is 5.32 Å². The average molecular weight is 475 g/mol. The van der Waals surface area contributed by atoms with Crippen LogP contribution in [0.1, 0.15) is 45.0 Å². The van der Waals surface area contributed by atoms with Crippen LogP contribution in [0.3, 0.4) is 0 Å². The zero-order chi connectivity index (χ0) is 24.4. The van der Waals surface area contributed by atoms with Crippen molar-refractivity contribution < 1.29 is 18.7 Å². The molecule has 2 aromatic carbocycles. The highest BCUT2D eigenvalue weighted by atomic mass is 16.6. The molecule has 3 N–H and O–H groups in total. The van der Waals surface area contributed by atoms with Gasteiger partial charge < -0.3 is 24.2 Å². The van der Waals surface area contributed by atoms with Gasteiger partial charge in [0.25, 0.3) is 0 Å². The molecule has 182 valence electrons. The highest BCUT2D eigenvalue weighted by Crippen LogP contribution is 2.44. The largest absolute Gasteiger partial charge is 0.493 e. The molecule has 8 nitrogen and oxygen atoms in total. The Labute approximate surface area is 204 Å². The lowest BCUT2D eigenvalue weighted by molar-refractivity contribution is 0.130. The second-order valence-electron chi connectivity index (χ2n) is 9.08. The maximum Gasteiger partial charge on any atom is 0.411 e. The fraction of sp³-hybridized carbons (Fsp3) is 0.333. The topological polar surface area (TPSA) is 105 Å². The number of hydrogen-bond acceptors (Lipinski definition) is 6. The van der Waals surface area contributed by atoms with Crippen molar-refractivity contribution in [1.29, 1.82) is 0 Å². The van der Waals surface area contributed by atoms with Crippen molar-refractivity contribution in [3.05, 3.63) is 60.8 Å². The lowest BCUT2D eigenvalue weighted by atomic mass is 9.92. The van der Waals surface area contributed by atoms with Gasteiger partial charge in [0.2, 0.25) is 0 Å². The number of nitrogen functional groups attached to an aromatic ring is 1. The molecule has 5 rings (SSSR count). The van der Waals surface area contributed by atoms with Gasteiger partial charge in [-0.25, -0.2) is 9.78 Å². The molecule has 1 fully saturated rings. The minimum Gasteiger partial charge on any atom is -0.493 e. The normalized spacial score (nSPS) is 13.7. The number of carbonyl (C=O) groups excluding carboxylic acids is 1. The molecular formula is C27H30N4O4. The maximum atomic E-state index is 11.9. The Hall–Kier alpha value is -3.94. The van der Waals surface area contributed by atoms with Crippen molar-refractivity contribution in [2.45, 2.75) is 51.7 Å². The van der Waals surface area contributed by atoms with Crippen molar-refractivity contribution in [2.75, 3.05) is 17.7 Å². The molecule has 0 unspecified atom stereocenters. The predicted molar refractivity (Wildman–Crippen MR) is 136 cm³/mol. The summed E-state index contributed by atoms with van der Waals surface area (Å²) in [6.45, 7) is 4.11. The monoisotopic (exact) mass is 474 g/mol. The number of anilines is 2. The number of nitrogens with one attached hydrogen (secondary N) is 1. The fourth-order valence-corrected chi connectivity index (χ4v) is 4.43. The van der Waals surface area contributed by atoms with Crippen LogP contribution in [0.15, 0.2) is 59.3 Å². The van der Waals surface area contributed by atoms with E-state index in [-0.39, 0.29) is 6.10 Å². The summed E-state index contributed by atoms with van der Waals surface area (Å²) < 4.78 is 18.8. The van der Waals surface area contributed by atoms with Gasteiger partial charge in [-0.1, -0.05) is 12.1 Å². The molecule has 1 saturated carbocycles. The van der Waals surface area contributed by atoms with Gasteiger partial charge >= 0.3 is 6.09 Å². The van der Waals surface area contributed by atoms with Crippen LogP contribution in [0.2, 0.25) is 0 Å². The van der Waals surface area contributed by atoms with Gasteiger partial charge in [-0.15, -0.1) is 0 Å². The van der Waals surface area contributed by atoms with E-state index in [0.717, 1.165) is 46.4 Å². The number of ether oxygens (including phenoxy) is 2. The third-order valence-electron chi connectivity index (χ3n) is 6.27. The third-order valence-corrected chi connectivity index (χ3v) is 6.27. The Morgan fingerprint density at radius 3 is 2.69 bits per heavy atom. The molecule has 2 aromatic heterocycles. The molecule has 0 bridgehead atoms. The van der Waals surface area contributed by atoms with Gasteiger partial charge in [0.05, 0.1) is 42.2 Å². The first-order valence-electron chi connectivity index (χ1n) is 12.0. The van der Waals surface area contributed by atoms with Crippen molar-refractivity contribution >= 4 is 28.4 Å². The van der Waals surface area contributed by atoms with E-state index in [1.54, 1.807) is 12.5 Å². The van der Waals surface area contributed by atoms with Crippen LogP contribution >= 0.6 is 0 Å². The molecule has 8 heteroatoms. The number of hydrogen-bond donors (Lipinski definition) is 2. The summed E-state index contributed by atoms with van der Waals surface area (Å²) >= 11 is 0. The molecule has 35 heavy (non-hydrogen) atoms. The SMILES string of the molecule is CC(C)OC(=O)Nc1ccc(-c2c(N)c3ccc(OCCc4ncco4)cc3n2C2CCC2)cc1. The number of nitrogens with two attached hydrogens (primary N) is 1. The zero-order valence-electron chi connectivity index (χ0n) is 20.0. The standard InChI is InChI=1S/C27H30N4O4/c1-17(2)35-27(32)30-19-8-6-18(7-9-19)26-25(28)22-11-10-21(33-14-12-24-29-13-15-34-24)16-23(22)31(26)20-4-3-5-20/h6-11,13,15-17,20H,3-5,12,14,28H2,1-2H3,(H,30,32). The number of oxazole rings is 1. The van der Waals surface area contributed by atoms with Crippen molar-refractivity contribution in [2.24, 2.45) is 0 Å². The van der Waals surface area contributed by atoms with Gasteiger partial charge in [0.1, 0.15) is 12.0 Å². The van der Waals surface area contributed by atoms with Gasteiger partial charge in [-0.2, -0.15) is 0 Å². The predicted octanol–water partition coefficient (Wildman–Crippen LogP) is 6.18. The van der Waals surface area contributed by atoms with Crippen LogP contribution in [0.4, 0.5) is 16.2 Å². The van der Waals surface area contributed by atoms with E-state index >= 15 is 0 Å². The van der Waals surface area contributed by atoms with Gasteiger partial charge in [0, 0.05) is 28.7 Å². The summed E-state index contributed by atoms with van der Waals surface area (Å²) in [7, 11) is 0. The van der Waals surface area contributed by atoms with E-state index in [4.69, 9.17) is 19.6 Å². The van der Waals surface area contributed by atoms with Crippen molar-refractivity contribution in [3.8, 4) is 17.0 Å². The van der Waals surface area contributed by atoms with Crippen LogP contribution in [-0.2, 0) is 11.2 Å². The van der Waals surface area contributed by atoms with E-state index in [1.807, 2.05) is 50.2 Å². The Kier molecular flexibility index (Phi) is 6.35. The molecule has 0 atom stereocenters. The Balaban J connectivity index is 1.43. The number of nitrogens with zero attached hydrogens (tertiary/aromatic N) is 2. The number of aromatic nitrogens is 2. The van der Waals surface area contributed by atoms with Crippen LogP contribution in [0, 0.1) is 0 Å². The molecule has 1 aliphatic carbocycles. The highest BCUT2D eigenvalue weighted by molar-refractivity contribution is 6.01. The van der Waals surface area contributed by atoms with E-state index < -0.39 is 6.09 Å². The number of fused-ring (bicyclic) bond motifs is 1. The van der Waals surface area contributed by atoms with E-state index in [9.17, 15) is 4.79 Å². The summed E-state index contributed by atoms with van der Waals surface area (Å²) in [6.07, 6.45) is 6.60. The zero-order valence-corrected chi connectivity index (χ0v) is 20.0. The van der Waals surface area contributed by atoms with Crippen molar-refractivity contribution in [3.63, 3.8) is 0 Å². The molecule has 1 amide bonds. The van der Waals surface area contributed by atoms with Crippen LogP contribution in [-0.4, -0.2) is 28.4 Å². The van der Waals surface area contributed by atoms with E-state index in [1.165, 1.54) is 6.42 Å². The molecule has 4 aromatic rings. The Morgan fingerprint density at radius 1 is 1.23 bits per heavy atom. The molecule has 0 saturated heterocycles. The molecule has 0 radical (unpaired) electrons. The number of rotatable bonds is 8. The molecule has 0 aliphatic heterocycles. The minimum atomic E-state index is -0.466. The number of benzene rings is 2. The Bertz CT molecular complexity index is 1310. The minimum absolute atomic E-state index is 0.178. The van der Waals surface area contributed by atoms with E-state index in [0.29, 0.717) is 30.6 Å². The molecule has 0 spiro atoms. The lowest BCUT2D eigenvalue weighted by Gasteiger charge is -2.30. The second kappa shape index (κ2) is 9.74. The molecule has 2 heterocycles. The second-order valence-corrected chi connectivity index (χ2v) is 9.08. The first kappa shape index (κ1) is 22.8. The summed E-state index contributed by atoms with van der Waals surface area (Å²) in [4.78, 5) is 16.1. The van der Waals surface area contributed by atoms with Crippen LogP contribution in [0.25, 0.3) is 22.2 Å². The maximum absolute atomic E-state index is 11.9. The van der Waals surface area contributed by atoms with Crippen molar-refractivity contribution in [1.82, 2.24) is 9.55 Å². The smallest absolute Gasteiger partial charge is 0.411 e. The van der Waals surface area contributed by atoms with Crippen LogP contribution in [0.5, 0.6) is 5.75 Å². The lowest BCUT2D eigenvalue weighted by Crippen LogP contribution is -2.18. The average Bonchev–Trinajstić information content (AvgIpc) is 3.40. The summed E-state index contributed by atoms with van der Waals surface area (Å²) in [5, 5.41) is 3.77. The number of carbonyl (C=O) groups is 1. The van der Waals surface area contributed by atoms with Crippen LogP contribution < -0.4 is 15.8 Å². The summed E-state index contributed by atoms with van der Waals surface area (Å²) in [5.74, 6) is 1.45. The van der Waals surface area contributed by atoms with E-state index in [2.05, 4.69) is 20.9 Å². The fourth-order valence-electron chi connectivity index (χ4n) is 4.43. The van der Waals surface area contributed by atoms with Gasteiger partial charge in [0.15, 0.2) is 5.89 Å². The first-order valence-corrected chi connectivity index (χ1v) is 12.0. The Morgan fingerprint density at radius 2 is 2.03 bits per heavy atom. The summed E-state index contributed by atoms with van der Waals surface area (Å²) in [5.41, 5.74) is 11.2.